The van der Waals surface area contributed by atoms with Gasteiger partial charge in [-0.25, -0.2) is 0 Å². The van der Waals surface area contributed by atoms with Gasteiger partial charge in [-0.15, -0.1) is 0 Å². The molecule has 0 radical (unpaired) electrons. The molecule has 1 aromatic carbocycles. The summed E-state index contributed by atoms with van der Waals surface area (Å²) in [6.45, 7) is 0. The van der Waals surface area contributed by atoms with Crippen molar-refractivity contribution in [3.63, 3.8) is 0 Å². The van der Waals surface area contributed by atoms with Crippen LogP contribution in [0.4, 0.5) is 5.69 Å². The summed E-state index contributed by atoms with van der Waals surface area (Å²) in [7, 11) is 0. The lowest BCUT2D eigenvalue weighted by Gasteiger charge is -1.92. The Morgan fingerprint density at radius 2 is 2.00 bits per heavy atom. The van der Waals surface area contributed by atoms with E-state index in [4.69, 9.17) is 10.2 Å². The quantitative estimate of drug-likeness (QED) is 0.630. The van der Waals surface area contributed by atoms with Crippen LogP contribution in [0.5, 0.6) is 0 Å². The topological polar surface area (TPSA) is 56.2 Å². The van der Waals surface area contributed by atoms with Crippen LogP contribution in [0, 0.1) is 0 Å². The molecule has 0 atom stereocenters. The van der Waals surface area contributed by atoms with Crippen molar-refractivity contribution in [2.45, 2.75) is 0 Å². The highest BCUT2D eigenvalue weighted by molar-refractivity contribution is 6.06. The van der Waals surface area contributed by atoms with Gasteiger partial charge in [0.1, 0.15) is 12.0 Å². The molecular formula is C13H11NO2. The first-order valence-electron chi connectivity index (χ1n) is 4.87. The molecule has 0 amide bonds. The zero-order chi connectivity index (χ0) is 11.4. The van der Waals surface area contributed by atoms with E-state index >= 15 is 0 Å². The highest BCUT2D eigenvalue weighted by Gasteiger charge is 2.00. The van der Waals surface area contributed by atoms with E-state index in [0.717, 1.165) is 0 Å². The first-order chi connectivity index (χ1) is 7.75. The van der Waals surface area contributed by atoms with E-state index in [1.54, 1.807) is 24.3 Å². The van der Waals surface area contributed by atoms with Gasteiger partial charge < -0.3 is 10.2 Å². The molecule has 3 nitrogen and oxygen atoms in total. The van der Waals surface area contributed by atoms with E-state index in [1.807, 2.05) is 18.2 Å². The smallest absolute Gasteiger partial charge is 0.185 e. The number of nitrogen functional groups attached to an aromatic ring is 1. The molecule has 0 bridgehead atoms. The third kappa shape index (κ3) is 2.39. The number of benzene rings is 1. The fourth-order valence-corrected chi connectivity index (χ4v) is 1.31. The van der Waals surface area contributed by atoms with Gasteiger partial charge in [0, 0.05) is 11.6 Å². The molecule has 0 spiro atoms. The van der Waals surface area contributed by atoms with Gasteiger partial charge in [-0.05, 0) is 12.2 Å². The average molecular weight is 213 g/mol. The molecule has 0 aliphatic rings. The van der Waals surface area contributed by atoms with Crippen molar-refractivity contribution in [2.75, 3.05) is 5.73 Å². The van der Waals surface area contributed by atoms with Gasteiger partial charge >= 0.3 is 0 Å². The first kappa shape index (κ1) is 10.2. The standard InChI is InChI=1S/C13H11NO2/c14-11-8-12(16-9-11)6-7-13(15)10-4-2-1-3-5-10/h1-9H,14H2. The molecule has 3 heteroatoms. The number of furan rings is 1. The highest BCUT2D eigenvalue weighted by Crippen LogP contribution is 2.11. The molecule has 2 N–H and O–H groups in total. The molecular weight excluding hydrogens is 202 g/mol. The predicted molar refractivity (Wildman–Crippen MR) is 62.9 cm³/mol. The second-order valence-electron chi connectivity index (χ2n) is 3.35. The Labute approximate surface area is 93.2 Å². The minimum atomic E-state index is -0.0597. The van der Waals surface area contributed by atoms with E-state index < -0.39 is 0 Å². The highest BCUT2D eigenvalue weighted by atomic mass is 16.3. The van der Waals surface area contributed by atoms with Crippen molar-refractivity contribution < 1.29 is 9.21 Å². The Balaban J connectivity index is 2.11. The molecule has 0 fully saturated rings. The lowest BCUT2D eigenvalue weighted by atomic mass is 10.1. The minimum Gasteiger partial charge on any atom is -0.463 e. The first-order valence-corrected chi connectivity index (χ1v) is 4.87. The largest absolute Gasteiger partial charge is 0.463 e. The number of ketones is 1. The zero-order valence-electron chi connectivity index (χ0n) is 8.59. The Morgan fingerprint density at radius 1 is 1.25 bits per heavy atom. The van der Waals surface area contributed by atoms with Crippen LogP contribution in [-0.2, 0) is 0 Å². The number of nitrogens with two attached hydrogens (primary N) is 1. The van der Waals surface area contributed by atoms with Gasteiger partial charge in [0.05, 0.1) is 5.69 Å². The normalized spacial score (nSPS) is 10.8. The molecule has 0 aliphatic heterocycles. The van der Waals surface area contributed by atoms with Crippen LogP contribution in [0.2, 0.25) is 0 Å². The fraction of sp³-hybridized carbons (Fsp3) is 0. The molecule has 0 aliphatic carbocycles. The Hall–Kier alpha value is -2.29. The second kappa shape index (κ2) is 4.49. The maximum Gasteiger partial charge on any atom is 0.185 e. The summed E-state index contributed by atoms with van der Waals surface area (Å²) in [5.41, 5.74) is 6.68. The van der Waals surface area contributed by atoms with Gasteiger partial charge in [-0.3, -0.25) is 4.79 Å². The Kier molecular flexibility index (Phi) is 2.87. The molecule has 80 valence electrons. The van der Waals surface area contributed by atoms with E-state index in [-0.39, 0.29) is 5.78 Å². The van der Waals surface area contributed by atoms with E-state index in [2.05, 4.69) is 0 Å². The third-order valence-electron chi connectivity index (χ3n) is 2.10. The van der Waals surface area contributed by atoms with E-state index in [9.17, 15) is 4.79 Å². The van der Waals surface area contributed by atoms with Gasteiger partial charge in [0.25, 0.3) is 0 Å². The Morgan fingerprint density at radius 3 is 2.62 bits per heavy atom. The van der Waals surface area contributed by atoms with Crippen LogP contribution in [0.15, 0.2) is 53.2 Å². The molecule has 2 rings (SSSR count). The van der Waals surface area contributed by atoms with Gasteiger partial charge in [0.15, 0.2) is 5.78 Å². The van der Waals surface area contributed by atoms with Crippen LogP contribution in [-0.4, -0.2) is 5.78 Å². The zero-order valence-corrected chi connectivity index (χ0v) is 8.59. The summed E-state index contributed by atoms with van der Waals surface area (Å²) in [6, 6.07) is 10.7. The predicted octanol–water partition coefficient (Wildman–Crippen LogP) is 2.76. The summed E-state index contributed by atoms with van der Waals surface area (Å²) < 4.78 is 5.09. The van der Waals surface area contributed by atoms with Gasteiger partial charge in [-0.1, -0.05) is 30.3 Å². The SMILES string of the molecule is Nc1coc(C=CC(=O)c2ccccc2)c1. The summed E-state index contributed by atoms with van der Waals surface area (Å²) in [6.07, 6.45) is 4.51. The molecule has 2 aromatic rings. The summed E-state index contributed by atoms with van der Waals surface area (Å²) in [5, 5.41) is 0. The van der Waals surface area contributed by atoms with Crippen molar-refractivity contribution in [1.82, 2.24) is 0 Å². The third-order valence-corrected chi connectivity index (χ3v) is 2.10. The summed E-state index contributed by atoms with van der Waals surface area (Å²) in [4.78, 5) is 11.7. The van der Waals surface area contributed by atoms with Crippen LogP contribution in [0.25, 0.3) is 6.08 Å². The van der Waals surface area contributed by atoms with E-state index in [1.165, 1.54) is 12.3 Å². The molecule has 0 saturated carbocycles. The molecule has 1 heterocycles. The molecule has 0 saturated heterocycles. The van der Waals surface area contributed by atoms with Gasteiger partial charge in [-0.2, -0.15) is 0 Å². The number of rotatable bonds is 3. The van der Waals surface area contributed by atoms with Crippen molar-refractivity contribution >= 4 is 17.5 Å². The van der Waals surface area contributed by atoms with Crippen LogP contribution in [0.1, 0.15) is 16.1 Å². The number of allylic oxidation sites excluding steroid dienone is 1. The van der Waals surface area contributed by atoms with Gasteiger partial charge in [0.2, 0.25) is 0 Å². The monoisotopic (exact) mass is 213 g/mol. The summed E-state index contributed by atoms with van der Waals surface area (Å²) in [5.74, 6) is 0.511. The van der Waals surface area contributed by atoms with Crippen molar-refractivity contribution in [1.29, 1.82) is 0 Å². The minimum absolute atomic E-state index is 0.0597. The summed E-state index contributed by atoms with van der Waals surface area (Å²) >= 11 is 0. The van der Waals surface area contributed by atoms with Crippen LogP contribution < -0.4 is 5.73 Å². The molecule has 1 aromatic heterocycles. The maximum absolute atomic E-state index is 11.7. The average Bonchev–Trinajstić information content (AvgIpc) is 2.73. The number of carbonyl (C=O) groups excluding carboxylic acids is 1. The van der Waals surface area contributed by atoms with Crippen LogP contribution >= 0.6 is 0 Å². The number of hydrogen-bond acceptors (Lipinski definition) is 3. The van der Waals surface area contributed by atoms with Crippen molar-refractivity contribution in [3.05, 3.63) is 60.1 Å². The lowest BCUT2D eigenvalue weighted by Crippen LogP contribution is -1.92. The van der Waals surface area contributed by atoms with E-state index in [0.29, 0.717) is 17.0 Å². The number of anilines is 1. The number of carbonyl (C=O) groups is 1. The second-order valence-corrected chi connectivity index (χ2v) is 3.35. The van der Waals surface area contributed by atoms with Crippen molar-refractivity contribution in [2.24, 2.45) is 0 Å². The molecule has 0 unspecified atom stereocenters. The lowest BCUT2D eigenvalue weighted by molar-refractivity contribution is 0.104. The fourth-order valence-electron chi connectivity index (χ4n) is 1.31. The molecule has 16 heavy (non-hydrogen) atoms. The maximum atomic E-state index is 11.7. The van der Waals surface area contributed by atoms with Crippen LogP contribution in [0.3, 0.4) is 0 Å². The van der Waals surface area contributed by atoms with Crippen molar-refractivity contribution in [3.8, 4) is 0 Å². The number of hydrogen-bond donors (Lipinski definition) is 1. The Bertz CT molecular complexity index is 512.